The molecule has 3 rings (SSSR count). The van der Waals surface area contributed by atoms with Gasteiger partial charge in [0.25, 0.3) is 0 Å². The van der Waals surface area contributed by atoms with Gasteiger partial charge in [-0.25, -0.2) is 4.98 Å². The number of hydrogen-bond donors (Lipinski definition) is 0. The van der Waals surface area contributed by atoms with E-state index in [2.05, 4.69) is 4.98 Å². The van der Waals surface area contributed by atoms with Crippen LogP contribution in [-0.4, -0.2) is 15.7 Å². The van der Waals surface area contributed by atoms with Crippen molar-refractivity contribution in [1.29, 1.82) is 0 Å². The number of hydrogen-bond acceptors (Lipinski definition) is 2. The maximum absolute atomic E-state index is 10.7. The summed E-state index contributed by atoms with van der Waals surface area (Å²) in [7, 11) is 0. The van der Waals surface area contributed by atoms with E-state index in [4.69, 9.17) is 11.6 Å². The fourth-order valence-corrected chi connectivity index (χ4v) is 2.00. The van der Waals surface area contributed by atoms with E-state index in [0.29, 0.717) is 10.7 Å². The summed E-state index contributed by atoms with van der Waals surface area (Å²) in [4.78, 5) is 14.9. The number of aldehydes is 1. The van der Waals surface area contributed by atoms with Crippen LogP contribution in [0.2, 0.25) is 5.02 Å². The van der Waals surface area contributed by atoms with E-state index in [1.54, 1.807) is 6.20 Å². The monoisotopic (exact) mass is 230 g/mol. The summed E-state index contributed by atoms with van der Waals surface area (Å²) >= 11 is 5.92. The van der Waals surface area contributed by atoms with Gasteiger partial charge in [-0.15, -0.1) is 0 Å². The number of fused-ring (bicyclic) bond motifs is 3. The lowest BCUT2D eigenvalue weighted by atomic mass is 10.2. The van der Waals surface area contributed by atoms with E-state index in [-0.39, 0.29) is 0 Å². The Balaban J connectivity index is 2.48. The van der Waals surface area contributed by atoms with Gasteiger partial charge in [-0.05, 0) is 29.7 Å². The predicted molar refractivity (Wildman–Crippen MR) is 63.1 cm³/mol. The van der Waals surface area contributed by atoms with Crippen LogP contribution in [0, 0.1) is 0 Å². The number of nitrogens with zero attached hydrogens (tertiary/aromatic N) is 2. The summed E-state index contributed by atoms with van der Waals surface area (Å²) in [5, 5.41) is 2.70. The highest BCUT2D eigenvalue weighted by Gasteiger charge is 2.05. The molecule has 0 amide bonds. The molecular weight excluding hydrogens is 224 g/mol. The molecule has 0 bridgehead atoms. The lowest BCUT2D eigenvalue weighted by Crippen LogP contribution is -1.84. The van der Waals surface area contributed by atoms with Gasteiger partial charge < -0.3 is 4.40 Å². The Kier molecular flexibility index (Phi) is 1.94. The van der Waals surface area contributed by atoms with Crippen molar-refractivity contribution in [1.82, 2.24) is 9.38 Å². The van der Waals surface area contributed by atoms with Crippen molar-refractivity contribution >= 4 is 34.3 Å². The van der Waals surface area contributed by atoms with Crippen LogP contribution in [0.15, 0.2) is 36.7 Å². The van der Waals surface area contributed by atoms with Gasteiger partial charge in [0.15, 0.2) is 6.29 Å². The molecule has 4 heteroatoms. The normalized spacial score (nSPS) is 11.1. The highest BCUT2D eigenvalue weighted by molar-refractivity contribution is 6.31. The number of carbonyl (C=O) groups is 1. The Labute approximate surface area is 96.3 Å². The third-order valence-corrected chi connectivity index (χ3v) is 2.78. The molecule has 2 heterocycles. The number of benzene rings is 1. The summed E-state index contributed by atoms with van der Waals surface area (Å²) < 4.78 is 1.83. The number of rotatable bonds is 1. The first-order chi connectivity index (χ1) is 7.78. The van der Waals surface area contributed by atoms with Gasteiger partial charge in [0.05, 0.1) is 0 Å². The Bertz CT molecular complexity index is 703. The average Bonchev–Trinajstić information content (AvgIpc) is 2.71. The first-order valence-electron chi connectivity index (χ1n) is 4.80. The second-order valence-electron chi connectivity index (χ2n) is 3.56. The average molecular weight is 231 g/mol. The summed E-state index contributed by atoms with van der Waals surface area (Å²) in [6.45, 7) is 0. The smallest absolute Gasteiger partial charge is 0.170 e. The second kappa shape index (κ2) is 3.32. The Morgan fingerprint density at radius 1 is 1.31 bits per heavy atom. The van der Waals surface area contributed by atoms with E-state index in [0.717, 1.165) is 22.7 Å². The molecule has 0 N–H and O–H groups in total. The highest BCUT2D eigenvalue weighted by atomic mass is 35.5. The van der Waals surface area contributed by atoms with E-state index >= 15 is 0 Å². The minimum absolute atomic E-state index is 0.433. The molecule has 3 aromatic rings. The largest absolute Gasteiger partial charge is 0.306 e. The van der Waals surface area contributed by atoms with Gasteiger partial charge in [0, 0.05) is 22.8 Å². The molecule has 0 aliphatic carbocycles. The van der Waals surface area contributed by atoms with Crippen molar-refractivity contribution in [2.45, 2.75) is 0 Å². The third-order valence-electron chi connectivity index (χ3n) is 2.54. The maximum atomic E-state index is 10.7. The first kappa shape index (κ1) is 9.36. The van der Waals surface area contributed by atoms with Gasteiger partial charge in [-0.2, -0.15) is 0 Å². The van der Waals surface area contributed by atoms with E-state index in [9.17, 15) is 4.79 Å². The molecule has 0 saturated heterocycles. The van der Waals surface area contributed by atoms with Gasteiger partial charge in [0.2, 0.25) is 0 Å². The lowest BCUT2D eigenvalue weighted by molar-refractivity contribution is 0.111. The van der Waals surface area contributed by atoms with E-state index in [1.165, 1.54) is 0 Å². The molecule has 0 unspecified atom stereocenters. The summed E-state index contributed by atoms with van der Waals surface area (Å²) in [5.41, 5.74) is 1.21. The summed E-state index contributed by atoms with van der Waals surface area (Å²) in [6, 6.07) is 7.56. The van der Waals surface area contributed by atoms with Crippen LogP contribution in [0.3, 0.4) is 0 Å². The Morgan fingerprint density at radius 2 is 2.19 bits per heavy atom. The molecule has 1 aromatic carbocycles. The molecule has 2 aromatic heterocycles. The highest BCUT2D eigenvalue weighted by Crippen LogP contribution is 2.22. The first-order valence-corrected chi connectivity index (χ1v) is 5.18. The molecule has 3 nitrogen and oxygen atoms in total. The van der Waals surface area contributed by atoms with Crippen LogP contribution in [0.5, 0.6) is 0 Å². The second-order valence-corrected chi connectivity index (χ2v) is 4.00. The molecule has 0 aliphatic heterocycles. The number of aromatic nitrogens is 2. The van der Waals surface area contributed by atoms with Gasteiger partial charge in [-0.3, -0.25) is 4.79 Å². The molecular formula is C12H7ClN2O. The molecule has 0 saturated carbocycles. The fraction of sp³-hybridized carbons (Fsp3) is 0. The van der Waals surface area contributed by atoms with Crippen molar-refractivity contribution in [2.24, 2.45) is 0 Å². The molecule has 0 fully saturated rings. The number of carbonyl (C=O) groups excluding carboxylic acids is 1. The predicted octanol–water partition coefficient (Wildman–Crippen LogP) is 2.95. The van der Waals surface area contributed by atoms with E-state index < -0.39 is 0 Å². The quantitative estimate of drug-likeness (QED) is 0.603. The zero-order valence-electron chi connectivity index (χ0n) is 8.22. The topological polar surface area (TPSA) is 34.4 Å². The third kappa shape index (κ3) is 1.29. The zero-order valence-corrected chi connectivity index (χ0v) is 8.98. The molecule has 0 spiro atoms. The van der Waals surface area contributed by atoms with Crippen LogP contribution >= 0.6 is 11.6 Å². The SMILES string of the molecule is O=Cc1cn2ccc3cc(Cl)ccc3c2n1. The van der Waals surface area contributed by atoms with Crippen molar-refractivity contribution in [3.05, 3.63) is 47.4 Å². The van der Waals surface area contributed by atoms with Crippen molar-refractivity contribution in [2.75, 3.05) is 0 Å². The van der Waals surface area contributed by atoms with E-state index in [1.807, 2.05) is 34.9 Å². The van der Waals surface area contributed by atoms with Gasteiger partial charge >= 0.3 is 0 Å². The standard InChI is InChI=1S/C12H7ClN2O/c13-9-1-2-11-8(5-9)3-4-15-6-10(7-16)14-12(11)15/h1-7H. The lowest BCUT2D eigenvalue weighted by Gasteiger charge is -2.00. The Morgan fingerprint density at radius 3 is 3.00 bits per heavy atom. The van der Waals surface area contributed by atoms with Crippen LogP contribution in [0.1, 0.15) is 10.5 Å². The Hall–Kier alpha value is -1.87. The zero-order chi connectivity index (χ0) is 11.1. The maximum Gasteiger partial charge on any atom is 0.170 e. The fourth-order valence-electron chi connectivity index (χ4n) is 1.82. The van der Waals surface area contributed by atoms with Crippen molar-refractivity contribution < 1.29 is 4.79 Å². The summed E-state index contributed by atoms with van der Waals surface area (Å²) in [6.07, 6.45) is 4.32. The van der Waals surface area contributed by atoms with Gasteiger partial charge in [0.1, 0.15) is 11.3 Å². The minimum Gasteiger partial charge on any atom is -0.306 e. The molecule has 16 heavy (non-hydrogen) atoms. The summed E-state index contributed by atoms with van der Waals surface area (Å²) in [5.74, 6) is 0. The number of halogens is 1. The van der Waals surface area contributed by atoms with Crippen LogP contribution in [-0.2, 0) is 0 Å². The number of imidazole rings is 1. The van der Waals surface area contributed by atoms with Gasteiger partial charge in [-0.1, -0.05) is 11.6 Å². The number of pyridine rings is 1. The van der Waals surface area contributed by atoms with Crippen LogP contribution < -0.4 is 0 Å². The van der Waals surface area contributed by atoms with Crippen molar-refractivity contribution in [3.8, 4) is 0 Å². The van der Waals surface area contributed by atoms with Crippen LogP contribution in [0.4, 0.5) is 0 Å². The van der Waals surface area contributed by atoms with Crippen molar-refractivity contribution in [3.63, 3.8) is 0 Å². The molecule has 0 atom stereocenters. The molecule has 78 valence electrons. The molecule has 0 aliphatic rings. The van der Waals surface area contributed by atoms with Crippen LogP contribution in [0.25, 0.3) is 16.4 Å². The minimum atomic E-state index is 0.433. The molecule has 0 radical (unpaired) electrons.